The van der Waals surface area contributed by atoms with Gasteiger partial charge in [-0.15, -0.1) is 0 Å². The van der Waals surface area contributed by atoms with E-state index < -0.39 is 19.0 Å². The normalized spacial score (nSPS) is 16.3. The van der Waals surface area contributed by atoms with E-state index >= 15 is 0 Å². The molecule has 0 unspecified atom stereocenters. The molecule has 0 aliphatic carbocycles. The number of carbonyl (C=O) groups is 2. The Morgan fingerprint density at radius 3 is 2.83 bits per heavy atom. The van der Waals surface area contributed by atoms with E-state index in [0.717, 1.165) is 0 Å². The fourth-order valence-corrected chi connectivity index (χ4v) is 2.49. The van der Waals surface area contributed by atoms with Crippen molar-refractivity contribution in [3.63, 3.8) is 0 Å². The minimum Gasteiger partial charge on any atom is -0.534 e. The molecule has 0 spiro atoms. The second-order valence-corrected chi connectivity index (χ2v) is 5.34. The molecule has 7 nitrogen and oxygen atoms in total. The molecule has 1 aromatic carbocycles. The van der Waals surface area contributed by atoms with Crippen molar-refractivity contribution >= 4 is 19.0 Å². The number of fused-ring (bicyclic) bond motifs is 1. The van der Waals surface area contributed by atoms with Crippen molar-refractivity contribution in [1.29, 1.82) is 0 Å². The lowest BCUT2D eigenvalue weighted by atomic mass is 9.72. The summed E-state index contributed by atoms with van der Waals surface area (Å²) in [6, 6.07) is 2.68. The van der Waals surface area contributed by atoms with E-state index in [4.69, 9.17) is 9.39 Å². The average Bonchev–Trinajstić information content (AvgIpc) is 2.48. The van der Waals surface area contributed by atoms with Crippen LogP contribution in [0.5, 0.6) is 11.5 Å². The van der Waals surface area contributed by atoms with Gasteiger partial charge in [-0.25, -0.2) is 4.79 Å². The number of aromatic hydroxyl groups is 1. The summed E-state index contributed by atoms with van der Waals surface area (Å²) in [5.74, 6) is -1.40. The van der Waals surface area contributed by atoms with E-state index in [1.165, 1.54) is 12.1 Å². The van der Waals surface area contributed by atoms with Crippen molar-refractivity contribution in [2.75, 3.05) is 6.61 Å². The Bertz CT molecular complexity index is 606. The molecule has 0 fully saturated rings. The van der Waals surface area contributed by atoms with Gasteiger partial charge in [0.1, 0.15) is 17.1 Å². The van der Waals surface area contributed by atoms with Crippen LogP contribution in [0.3, 0.4) is 0 Å². The molecule has 1 atom stereocenters. The fourth-order valence-electron chi connectivity index (χ4n) is 2.49. The summed E-state index contributed by atoms with van der Waals surface area (Å²) in [5, 5.41) is 22.6. The van der Waals surface area contributed by atoms with E-state index in [1.54, 1.807) is 6.92 Å². The van der Waals surface area contributed by atoms with Crippen LogP contribution in [-0.2, 0) is 16.0 Å². The van der Waals surface area contributed by atoms with Crippen LogP contribution in [0.15, 0.2) is 12.1 Å². The first kappa shape index (κ1) is 17.1. The Morgan fingerprint density at radius 1 is 1.43 bits per heavy atom. The highest BCUT2D eigenvalue weighted by Gasteiger charge is 2.38. The van der Waals surface area contributed by atoms with Crippen molar-refractivity contribution in [2.24, 2.45) is 0 Å². The zero-order valence-corrected chi connectivity index (χ0v) is 13.2. The van der Waals surface area contributed by atoms with Gasteiger partial charge in [0.25, 0.3) is 0 Å². The first-order valence-electron chi connectivity index (χ1n) is 7.63. The molecule has 23 heavy (non-hydrogen) atoms. The first-order chi connectivity index (χ1) is 11.0. The molecular weight excluding hydrogens is 301 g/mol. The van der Waals surface area contributed by atoms with E-state index in [9.17, 15) is 19.7 Å². The van der Waals surface area contributed by atoms with Gasteiger partial charge in [-0.05, 0) is 37.5 Å². The third-order valence-electron chi connectivity index (χ3n) is 3.49. The summed E-state index contributed by atoms with van der Waals surface area (Å²) in [7, 11) is -1.28. The molecule has 124 valence electrons. The maximum Gasteiger partial charge on any atom is 0.547 e. The molecule has 0 saturated heterocycles. The second-order valence-electron chi connectivity index (χ2n) is 5.34. The van der Waals surface area contributed by atoms with Crippen LogP contribution in [0.2, 0.25) is 0 Å². The summed E-state index contributed by atoms with van der Waals surface area (Å²) < 4.78 is 10.3. The zero-order valence-electron chi connectivity index (χ0n) is 13.2. The van der Waals surface area contributed by atoms with Crippen LogP contribution >= 0.6 is 0 Å². The minimum atomic E-state index is -1.28. The average molecular weight is 321 g/mol. The molecule has 1 aliphatic rings. The van der Waals surface area contributed by atoms with Gasteiger partial charge in [-0.3, -0.25) is 4.79 Å². The van der Waals surface area contributed by atoms with Gasteiger partial charge in [0.2, 0.25) is 5.91 Å². The summed E-state index contributed by atoms with van der Waals surface area (Å²) in [6.45, 7) is 3.73. The Kier molecular flexibility index (Phi) is 5.49. The molecule has 1 heterocycles. The van der Waals surface area contributed by atoms with Gasteiger partial charge in [0.15, 0.2) is 0 Å². The molecule has 0 radical (unpaired) electrons. The van der Waals surface area contributed by atoms with Crippen LogP contribution in [0.1, 0.15) is 42.6 Å². The van der Waals surface area contributed by atoms with Crippen molar-refractivity contribution in [3.8, 4) is 11.5 Å². The lowest BCUT2D eigenvalue weighted by Gasteiger charge is -2.29. The summed E-state index contributed by atoms with van der Waals surface area (Å²) in [5.41, 5.74) is 0.583. The van der Waals surface area contributed by atoms with Gasteiger partial charge >= 0.3 is 13.1 Å². The molecule has 0 aromatic heterocycles. The Balaban J connectivity index is 2.26. The quantitative estimate of drug-likeness (QED) is 0.547. The standard InChI is InChI=1S/C15H20BNO6/c1-3-5-13(19)17-12-7-9-6-10(18)8-11(15(20)22-4-2)14(9)23-16(12)21/h6,8,12,18,21H,3-5,7H2,1-2H3,(H,17,19)/t12-/m0/s1. The molecule has 0 bridgehead atoms. The lowest BCUT2D eigenvalue weighted by molar-refractivity contribution is -0.121. The molecule has 2 rings (SSSR count). The predicted octanol–water partition coefficient (Wildman–Crippen LogP) is 0.808. The monoisotopic (exact) mass is 321 g/mol. The smallest absolute Gasteiger partial charge is 0.534 e. The molecule has 1 aliphatic heterocycles. The summed E-state index contributed by atoms with van der Waals surface area (Å²) >= 11 is 0. The fraction of sp³-hybridized carbons (Fsp3) is 0.467. The van der Waals surface area contributed by atoms with Gasteiger partial charge in [0, 0.05) is 6.42 Å². The van der Waals surface area contributed by atoms with Crippen molar-refractivity contribution in [3.05, 3.63) is 23.3 Å². The van der Waals surface area contributed by atoms with Crippen molar-refractivity contribution < 1.29 is 29.1 Å². The van der Waals surface area contributed by atoms with Gasteiger partial charge in [-0.1, -0.05) is 6.92 Å². The van der Waals surface area contributed by atoms with Crippen molar-refractivity contribution in [2.45, 2.75) is 39.1 Å². The number of benzene rings is 1. The number of ether oxygens (including phenoxy) is 1. The van der Waals surface area contributed by atoms with Gasteiger partial charge in [-0.2, -0.15) is 0 Å². The summed E-state index contributed by atoms with van der Waals surface area (Å²) in [6.07, 6.45) is 1.29. The number of amides is 1. The molecule has 0 saturated carbocycles. The Morgan fingerprint density at radius 2 is 2.17 bits per heavy atom. The molecule has 1 aromatic rings. The lowest BCUT2D eigenvalue weighted by Crippen LogP contribution is -2.53. The topological polar surface area (TPSA) is 105 Å². The van der Waals surface area contributed by atoms with E-state index in [1.807, 2.05) is 6.92 Å². The predicted molar refractivity (Wildman–Crippen MR) is 83.2 cm³/mol. The van der Waals surface area contributed by atoms with Crippen LogP contribution in [0.4, 0.5) is 0 Å². The van der Waals surface area contributed by atoms with Crippen LogP contribution in [-0.4, -0.2) is 41.7 Å². The number of phenols is 1. The molecule has 3 N–H and O–H groups in total. The third kappa shape index (κ3) is 3.95. The largest absolute Gasteiger partial charge is 0.547 e. The highest BCUT2D eigenvalue weighted by molar-refractivity contribution is 6.47. The minimum absolute atomic E-state index is 0.0548. The van der Waals surface area contributed by atoms with Crippen LogP contribution in [0.25, 0.3) is 0 Å². The number of hydrogen-bond acceptors (Lipinski definition) is 6. The number of carbonyl (C=O) groups excluding carboxylic acids is 2. The number of rotatable bonds is 5. The zero-order chi connectivity index (χ0) is 17.0. The van der Waals surface area contributed by atoms with E-state index in [-0.39, 0.29) is 36.0 Å². The van der Waals surface area contributed by atoms with Crippen LogP contribution in [0, 0.1) is 0 Å². The highest BCUT2D eigenvalue weighted by Crippen LogP contribution is 2.34. The number of nitrogens with one attached hydrogen (secondary N) is 1. The Hall–Kier alpha value is -2.22. The highest BCUT2D eigenvalue weighted by atomic mass is 16.5. The molecule has 1 amide bonds. The second kappa shape index (κ2) is 7.37. The molecular formula is C15H20BNO6. The maximum absolute atomic E-state index is 12.0. The number of esters is 1. The maximum atomic E-state index is 12.0. The Labute approximate surface area is 134 Å². The number of hydrogen-bond donors (Lipinski definition) is 3. The number of phenolic OH excluding ortho intramolecular Hbond substituents is 1. The molecule has 8 heteroatoms. The third-order valence-corrected chi connectivity index (χ3v) is 3.49. The van der Waals surface area contributed by atoms with Gasteiger partial charge in [0.05, 0.1) is 12.5 Å². The van der Waals surface area contributed by atoms with E-state index in [0.29, 0.717) is 18.4 Å². The SMILES string of the molecule is CCCC(=O)N[C@H]1Cc2cc(O)cc(C(=O)OCC)c2OB1O. The van der Waals surface area contributed by atoms with E-state index in [2.05, 4.69) is 5.32 Å². The van der Waals surface area contributed by atoms with Crippen molar-refractivity contribution in [1.82, 2.24) is 5.32 Å². The van der Waals surface area contributed by atoms with Crippen LogP contribution < -0.4 is 9.97 Å². The summed E-state index contributed by atoms with van der Waals surface area (Å²) in [4.78, 5) is 23.7. The van der Waals surface area contributed by atoms with Gasteiger partial charge < -0.3 is 24.8 Å². The first-order valence-corrected chi connectivity index (χ1v) is 7.63.